The molecule has 3 heterocycles. The Labute approximate surface area is 133 Å². The van der Waals surface area contributed by atoms with E-state index in [4.69, 9.17) is 4.74 Å². The average molecular weight is 310 g/mol. The van der Waals surface area contributed by atoms with Crippen LogP contribution >= 0.6 is 0 Å². The summed E-state index contributed by atoms with van der Waals surface area (Å²) in [5.74, 6) is -0.172. The number of nitrogens with zero attached hydrogens (tertiary/aromatic N) is 1. The first-order valence-corrected chi connectivity index (χ1v) is 7.74. The molecule has 1 amide bonds. The topological polar surface area (TPSA) is 82.8 Å². The van der Waals surface area contributed by atoms with Crippen molar-refractivity contribution in [3.05, 3.63) is 53.0 Å². The Morgan fingerprint density at radius 1 is 1.39 bits per heavy atom. The van der Waals surface area contributed by atoms with Gasteiger partial charge in [0.25, 0.3) is 5.91 Å². The highest BCUT2D eigenvalue weighted by Gasteiger charge is 2.23. The van der Waals surface area contributed by atoms with Gasteiger partial charge < -0.3 is 15.0 Å². The van der Waals surface area contributed by atoms with Gasteiger partial charge >= 0.3 is 0 Å². The Morgan fingerprint density at radius 2 is 2.30 bits per heavy atom. The van der Waals surface area contributed by atoms with Crippen LogP contribution in [0.4, 0.5) is 0 Å². The number of benzene rings is 1. The molecule has 0 radical (unpaired) electrons. The first kappa shape index (κ1) is 14.0. The van der Waals surface area contributed by atoms with Crippen LogP contribution in [0.25, 0.3) is 10.9 Å². The van der Waals surface area contributed by atoms with E-state index in [0.29, 0.717) is 18.9 Å². The van der Waals surface area contributed by atoms with Gasteiger partial charge in [0.05, 0.1) is 19.3 Å². The van der Waals surface area contributed by atoms with E-state index in [1.807, 2.05) is 31.3 Å². The molecule has 23 heavy (non-hydrogen) atoms. The third-order valence-electron chi connectivity index (χ3n) is 4.34. The summed E-state index contributed by atoms with van der Waals surface area (Å²) in [5, 5.41) is 11.3. The Balaban J connectivity index is 1.54. The predicted molar refractivity (Wildman–Crippen MR) is 86.1 cm³/mol. The average Bonchev–Trinajstić information content (AvgIpc) is 3.20. The lowest BCUT2D eigenvalue weighted by molar-refractivity contribution is 0.0912. The highest BCUT2D eigenvalue weighted by Crippen LogP contribution is 2.21. The maximum atomic E-state index is 12.5. The molecule has 1 aromatic carbocycles. The van der Waals surface area contributed by atoms with Gasteiger partial charge in [-0.2, -0.15) is 5.10 Å². The number of hydrogen-bond acceptors (Lipinski definition) is 3. The molecule has 3 aromatic rings. The summed E-state index contributed by atoms with van der Waals surface area (Å²) in [7, 11) is 0. The van der Waals surface area contributed by atoms with Gasteiger partial charge in [-0.1, -0.05) is 6.07 Å². The highest BCUT2D eigenvalue weighted by atomic mass is 16.5. The van der Waals surface area contributed by atoms with Gasteiger partial charge in [0, 0.05) is 29.4 Å². The zero-order valence-corrected chi connectivity index (χ0v) is 12.8. The van der Waals surface area contributed by atoms with Gasteiger partial charge in [0.15, 0.2) is 5.69 Å². The molecule has 0 saturated heterocycles. The lowest BCUT2D eigenvalue weighted by Gasteiger charge is -2.16. The molecule has 0 bridgehead atoms. The van der Waals surface area contributed by atoms with Gasteiger partial charge in [0.1, 0.15) is 0 Å². The van der Waals surface area contributed by atoms with Crippen LogP contribution in [0.3, 0.4) is 0 Å². The fraction of sp³-hybridized carbons (Fsp3) is 0.294. The van der Waals surface area contributed by atoms with Crippen molar-refractivity contribution >= 4 is 16.8 Å². The van der Waals surface area contributed by atoms with Crippen LogP contribution in [0.2, 0.25) is 0 Å². The fourth-order valence-electron chi connectivity index (χ4n) is 2.99. The standard InChI is InChI=1S/C17H18N4O2/c1-10(11-2-3-14-12(8-11)4-6-18-14)19-17(22)16-13-9-23-7-5-15(13)20-21-16/h2-4,6,8,10,18H,5,7,9H2,1H3,(H,19,22)(H,20,21). The normalized spacial score (nSPS) is 15.3. The van der Waals surface area contributed by atoms with Gasteiger partial charge in [-0.15, -0.1) is 0 Å². The molecular formula is C17H18N4O2. The number of fused-ring (bicyclic) bond motifs is 2. The lowest BCUT2D eigenvalue weighted by Crippen LogP contribution is -2.28. The highest BCUT2D eigenvalue weighted by molar-refractivity contribution is 5.94. The number of nitrogens with one attached hydrogen (secondary N) is 3. The van der Waals surface area contributed by atoms with Gasteiger partial charge in [-0.25, -0.2) is 0 Å². The van der Waals surface area contributed by atoms with Crippen molar-refractivity contribution in [2.45, 2.75) is 26.0 Å². The number of carbonyl (C=O) groups is 1. The van der Waals surface area contributed by atoms with E-state index < -0.39 is 0 Å². The molecule has 4 rings (SSSR count). The molecule has 3 N–H and O–H groups in total. The number of carbonyl (C=O) groups excluding carboxylic acids is 1. The molecule has 0 spiro atoms. The monoisotopic (exact) mass is 310 g/mol. The molecule has 0 fully saturated rings. The molecule has 2 aromatic heterocycles. The minimum atomic E-state index is -0.172. The Morgan fingerprint density at radius 3 is 3.22 bits per heavy atom. The third-order valence-corrected chi connectivity index (χ3v) is 4.34. The number of aromatic nitrogens is 3. The maximum Gasteiger partial charge on any atom is 0.272 e. The Kier molecular flexibility index (Phi) is 3.38. The molecule has 1 atom stereocenters. The van der Waals surface area contributed by atoms with Crippen LogP contribution in [0.15, 0.2) is 30.5 Å². The maximum absolute atomic E-state index is 12.5. The molecular weight excluding hydrogens is 292 g/mol. The molecule has 0 aliphatic carbocycles. The molecule has 1 unspecified atom stereocenters. The van der Waals surface area contributed by atoms with Crippen molar-refractivity contribution in [1.82, 2.24) is 20.5 Å². The van der Waals surface area contributed by atoms with E-state index in [0.717, 1.165) is 34.1 Å². The molecule has 6 heteroatoms. The summed E-state index contributed by atoms with van der Waals surface area (Å²) in [4.78, 5) is 15.7. The summed E-state index contributed by atoms with van der Waals surface area (Å²) in [6.45, 7) is 3.09. The SMILES string of the molecule is CC(NC(=O)c1n[nH]c2c1COCC2)c1ccc2[nH]ccc2c1. The number of ether oxygens (including phenoxy) is 1. The van der Waals surface area contributed by atoms with E-state index in [9.17, 15) is 4.79 Å². The fourth-order valence-corrected chi connectivity index (χ4v) is 2.99. The summed E-state index contributed by atoms with van der Waals surface area (Å²) < 4.78 is 5.43. The van der Waals surface area contributed by atoms with E-state index in [-0.39, 0.29) is 11.9 Å². The molecule has 1 aliphatic rings. The van der Waals surface area contributed by atoms with E-state index >= 15 is 0 Å². The van der Waals surface area contributed by atoms with Crippen LogP contribution in [-0.4, -0.2) is 27.7 Å². The second-order valence-corrected chi connectivity index (χ2v) is 5.85. The molecule has 118 valence electrons. The summed E-state index contributed by atoms with van der Waals surface area (Å²) in [6, 6.07) is 8.05. The van der Waals surface area contributed by atoms with E-state index in [2.05, 4.69) is 26.6 Å². The number of aromatic amines is 2. The Hall–Kier alpha value is -2.60. The number of hydrogen-bond donors (Lipinski definition) is 3. The first-order valence-electron chi connectivity index (χ1n) is 7.74. The minimum Gasteiger partial charge on any atom is -0.376 e. The third kappa shape index (κ3) is 2.51. The largest absolute Gasteiger partial charge is 0.376 e. The van der Waals surface area contributed by atoms with Crippen LogP contribution in [0.1, 0.15) is 40.3 Å². The number of H-pyrrole nitrogens is 2. The van der Waals surface area contributed by atoms with E-state index in [1.165, 1.54) is 0 Å². The Bertz CT molecular complexity index is 864. The zero-order valence-electron chi connectivity index (χ0n) is 12.8. The van der Waals surface area contributed by atoms with Crippen LogP contribution < -0.4 is 5.32 Å². The molecule has 0 saturated carbocycles. The van der Waals surface area contributed by atoms with Crippen LogP contribution in [-0.2, 0) is 17.8 Å². The van der Waals surface area contributed by atoms with Crippen molar-refractivity contribution in [3.63, 3.8) is 0 Å². The molecule has 1 aliphatic heterocycles. The van der Waals surface area contributed by atoms with Crippen LogP contribution in [0.5, 0.6) is 0 Å². The smallest absolute Gasteiger partial charge is 0.272 e. The van der Waals surface area contributed by atoms with Crippen molar-refractivity contribution in [2.24, 2.45) is 0 Å². The minimum absolute atomic E-state index is 0.0985. The van der Waals surface area contributed by atoms with Crippen molar-refractivity contribution in [2.75, 3.05) is 6.61 Å². The van der Waals surface area contributed by atoms with Gasteiger partial charge in [0.2, 0.25) is 0 Å². The van der Waals surface area contributed by atoms with Crippen molar-refractivity contribution < 1.29 is 9.53 Å². The van der Waals surface area contributed by atoms with Crippen LogP contribution in [0, 0.1) is 0 Å². The van der Waals surface area contributed by atoms with Crippen molar-refractivity contribution in [3.8, 4) is 0 Å². The summed E-state index contributed by atoms with van der Waals surface area (Å²) >= 11 is 0. The molecule has 6 nitrogen and oxygen atoms in total. The van der Waals surface area contributed by atoms with Crippen molar-refractivity contribution in [1.29, 1.82) is 0 Å². The quantitative estimate of drug-likeness (QED) is 0.695. The summed E-state index contributed by atoms with van der Waals surface area (Å²) in [5.41, 5.74) is 4.47. The first-order chi connectivity index (χ1) is 11.2. The zero-order chi connectivity index (χ0) is 15.8. The number of rotatable bonds is 3. The van der Waals surface area contributed by atoms with Gasteiger partial charge in [-0.3, -0.25) is 9.89 Å². The predicted octanol–water partition coefficient (Wildman–Crippen LogP) is 2.45. The van der Waals surface area contributed by atoms with Gasteiger partial charge in [-0.05, 0) is 36.1 Å². The second kappa shape index (κ2) is 5.55. The summed E-state index contributed by atoms with van der Waals surface area (Å²) in [6.07, 6.45) is 2.68. The number of amides is 1. The lowest BCUT2D eigenvalue weighted by atomic mass is 10.1. The van der Waals surface area contributed by atoms with E-state index in [1.54, 1.807) is 0 Å². The second-order valence-electron chi connectivity index (χ2n) is 5.85.